The quantitative estimate of drug-likeness (QED) is 0.517. The highest BCUT2D eigenvalue weighted by Crippen LogP contribution is 2.38. The highest BCUT2D eigenvalue weighted by molar-refractivity contribution is 7.99. The Morgan fingerprint density at radius 1 is 1.41 bits per heavy atom. The molecule has 27 heavy (non-hydrogen) atoms. The minimum absolute atomic E-state index is 0.142. The Kier molecular flexibility index (Phi) is 3.88. The Morgan fingerprint density at radius 2 is 2.30 bits per heavy atom. The Bertz CT molecular complexity index is 1230. The maximum Gasteiger partial charge on any atom is 0.235 e. The Hall–Kier alpha value is -2.83. The van der Waals surface area contributed by atoms with Gasteiger partial charge in [0, 0.05) is 4.88 Å². The largest absolute Gasteiger partial charge is 0.316 e. The molecule has 3 aromatic heterocycles. The molecule has 0 spiro atoms. The minimum atomic E-state index is -0.142. The molecule has 0 aliphatic heterocycles. The molecule has 1 aromatic carbocycles. The number of benzene rings is 1. The molecule has 0 unspecified atom stereocenters. The molecule has 0 saturated carbocycles. The SMILES string of the molecule is N#Cc1c(NC(=O)CSc2n[nH]c3nc4ccccc4n23)sc2c1CCC2. The number of imidazole rings is 1. The fraction of sp³-hybridized carbons (Fsp3) is 0.222. The van der Waals surface area contributed by atoms with E-state index in [0.29, 0.717) is 21.5 Å². The van der Waals surface area contributed by atoms with Gasteiger partial charge < -0.3 is 5.32 Å². The zero-order chi connectivity index (χ0) is 18.4. The van der Waals surface area contributed by atoms with E-state index in [1.807, 2.05) is 28.7 Å². The average molecular weight is 394 g/mol. The molecule has 1 amide bonds. The van der Waals surface area contributed by atoms with Crippen LogP contribution >= 0.6 is 23.1 Å². The van der Waals surface area contributed by atoms with Crippen LogP contribution in [-0.4, -0.2) is 31.2 Å². The third kappa shape index (κ3) is 2.69. The van der Waals surface area contributed by atoms with Gasteiger partial charge in [0.25, 0.3) is 0 Å². The Labute approximate surface area is 162 Å². The lowest BCUT2D eigenvalue weighted by atomic mass is 10.1. The number of fused-ring (bicyclic) bond motifs is 4. The molecule has 0 radical (unpaired) electrons. The lowest BCUT2D eigenvalue weighted by Gasteiger charge is -2.03. The van der Waals surface area contributed by atoms with E-state index in [1.54, 1.807) is 0 Å². The number of aromatic amines is 1. The zero-order valence-corrected chi connectivity index (χ0v) is 15.8. The molecule has 5 rings (SSSR count). The number of nitriles is 1. The van der Waals surface area contributed by atoms with E-state index in [9.17, 15) is 10.1 Å². The fourth-order valence-corrected chi connectivity index (χ4v) is 5.46. The Balaban J connectivity index is 1.34. The number of hydrogen-bond donors (Lipinski definition) is 2. The number of aromatic nitrogens is 4. The standard InChI is InChI=1S/C18H14N6OS2/c19-8-11-10-4-3-7-14(10)27-16(11)21-15(25)9-26-18-23-22-17-20-12-5-1-2-6-13(12)24(17)18/h1-2,5-6H,3-4,7,9H2,(H,20,22)(H,21,25). The van der Waals surface area contributed by atoms with E-state index in [-0.39, 0.29) is 11.7 Å². The van der Waals surface area contributed by atoms with Crippen molar-refractivity contribution in [1.29, 1.82) is 5.26 Å². The van der Waals surface area contributed by atoms with Crippen LogP contribution in [0.15, 0.2) is 29.4 Å². The van der Waals surface area contributed by atoms with Gasteiger partial charge in [0.05, 0.1) is 22.3 Å². The first-order valence-electron chi connectivity index (χ1n) is 8.53. The van der Waals surface area contributed by atoms with Gasteiger partial charge in [-0.1, -0.05) is 23.9 Å². The lowest BCUT2D eigenvalue weighted by molar-refractivity contribution is -0.113. The number of aryl methyl sites for hydroxylation is 1. The van der Waals surface area contributed by atoms with Crippen molar-refractivity contribution in [3.63, 3.8) is 0 Å². The molecule has 134 valence electrons. The van der Waals surface area contributed by atoms with Gasteiger partial charge in [0.2, 0.25) is 11.7 Å². The van der Waals surface area contributed by atoms with Crippen LogP contribution in [0.1, 0.15) is 22.4 Å². The highest BCUT2D eigenvalue weighted by atomic mass is 32.2. The van der Waals surface area contributed by atoms with Crippen molar-refractivity contribution >= 4 is 50.8 Å². The smallest absolute Gasteiger partial charge is 0.235 e. The van der Waals surface area contributed by atoms with E-state index < -0.39 is 0 Å². The molecule has 0 bridgehead atoms. The third-order valence-electron chi connectivity index (χ3n) is 4.62. The Morgan fingerprint density at radius 3 is 3.19 bits per heavy atom. The summed E-state index contributed by atoms with van der Waals surface area (Å²) in [5.74, 6) is 0.720. The number of thioether (sulfide) groups is 1. The first-order valence-corrected chi connectivity index (χ1v) is 10.3. The van der Waals surface area contributed by atoms with Crippen LogP contribution in [0.5, 0.6) is 0 Å². The zero-order valence-electron chi connectivity index (χ0n) is 14.2. The van der Waals surface area contributed by atoms with Crippen molar-refractivity contribution < 1.29 is 4.79 Å². The lowest BCUT2D eigenvalue weighted by Crippen LogP contribution is -2.14. The number of hydrogen-bond acceptors (Lipinski definition) is 6. The van der Waals surface area contributed by atoms with Gasteiger partial charge in [0.1, 0.15) is 11.1 Å². The van der Waals surface area contributed by atoms with Crippen molar-refractivity contribution in [3.8, 4) is 6.07 Å². The van der Waals surface area contributed by atoms with Crippen molar-refractivity contribution in [2.75, 3.05) is 11.1 Å². The fourth-order valence-electron chi connectivity index (χ4n) is 3.44. The summed E-state index contributed by atoms with van der Waals surface area (Å²) in [6, 6.07) is 10.1. The van der Waals surface area contributed by atoms with Crippen LogP contribution in [-0.2, 0) is 17.6 Å². The number of thiophene rings is 1. The van der Waals surface area contributed by atoms with Crippen molar-refractivity contribution in [2.45, 2.75) is 24.4 Å². The molecule has 0 fully saturated rings. The normalized spacial score (nSPS) is 13.1. The summed E-state index contributed by atoms with van der Waals surface area (Å²) in [7, 11) is 0. The topological polar surface area (TPSA) is 98.9 Å². The molecule has 9 heteroatoms. The summed E-state index contributed by atoms with van der Waals surface area (Å²) in [5, 5.41) is 20.9. The van der Waals surface area contributed by atoms with Gasteiger partial charge in [-0.25, -0.2) is 10.1 Å². The van der Waals surface area contributed by atoms with E-state index in [1.165, 1.54) is 28.0 Å². The number of H-pyrrole nitrogens is 1. The van der Waals surface area contributed by atoms with Crippen molar-refractivity contribution in [2.24, 2.45) is 0 Å². The minimum Gasteiger partial charge on any atom is -0.316 e. The van der Waals surface area contributed by atoms with Crippen LogP contribution in [0.2, 0.25) is 0 Å². The summed E-state index contributed by atoms with van der Waals surface area (Å²) >= 11 is 2.87. The molecule has 3 heterocycles. The molecular weight excluding hydrogens is 380 g/mol. The van der Waals surface area contributed by atoms with Crippen LogP contribution in [0.25, 0.3) is 16.8 Å². The first-order chi connectivity index (χ1) is 13.2. The van der Waals surface area contributed by atoms with Crippen molar-refractivity contribution in [3.05, 3.63) is 40.3 Å². The number of carbonyl (C=O) groups excluding carboxylic acids is 1. The summed E-state index contributed by atoms with van der Waals surface area (Å²) in [6.45, 7) is 0. The van der Waals surface area contributed by atoms with Crippen LogP contribution in [0.3, 0.4) is 0 Å². The highest BCUT2D eigenvalue weighted by Gasteiger charge is 2.23. The second-order valence-electron chi connectivity index (χ2n) is 6.28. The molecule has 7 nitrogen and oxygen atoms in total. The van der Waals surface area contributed by atoms with Gasteiger partial charge >= 0.3 is 0 Å². The number of anilines is 1. The van der Waals surface area contributed by atoms with Gasteiger partial charge in [-0.2, -0.15) is 5.26 Å². The number of para-hydroxylation sites is 2. The predicted molar refractivity (Wildman–Crippen MR) is 105 cm³/mol. The van der Waals surface area contributed by atoms with Crippen LogP contribution in [0, 0.1) is 11.3 Å². The second kappa shape index (κ2) is 6.40. The number of nitrogens with one attached hydrogen (secondary N) is 2. The summed E-state index contributed by atoms with van der Waals surface area (Å²) in [6.07, 6.45) is 3.02. The number of rotatable bonds is 4. The predicted octanol–water partition coefficient (Wildman–Crippen LogP) is 3.36. The van der Waals surface area contributed by atoms with Gasteiger partial charge in [-0.05, 0) is 37.0 Å². The van der Waals surface area contributed by atoms with Gasteiger partial charge in [0.15, 0.2) is 5.16 Å². The van der Waals surface area contributed by atoms with Crippen LogP contribution in [0.4, 0.5) is 5.00 Å². The average Bonchev–Trinajstić information content (AvgIpc) is 3.40. The monoisotopic (exact) mass is 394 g/mol. The molecule has 0 atom stereocenters. The van der Waals surface area contributed by atoms with E-state index in [4.69, 9.17) is 0 Å². The van der Waals surface area contributed by atoms with Crippen molar-refractivity contribution in [1.82, 2.24) is 19.6 Å². The molecule has 0 saturated heterocycles. The van der Waals surface area contributed by atoms with Gasteiger partial charge in [-0.15, -0.1) is 16.4 Å². The molecule has 2 N–H and O–H groups in total. The van der Waals surface area contributed by atoms with E-state index in [2.05, 4.69) is 26.6 Å². The maximum atomic E-state index is 12.4. The third-order valence-corrected chi connectivity index (χ3v) is 6.77. The molecular formula is C18H14N6OS2. The van der Waals surface area contributed by atoms with Gasteiger partial charge in [-0.3, -0.25) is 9.20 Å². The second-order valence-corrected chi connectivity index (χ2v) is 8.32. The maximum absolute atomic E-state index is 12.4. The summed E-state index contributed by atoms with van der Waals surface area (Å²) in [5.41, 5.74) is 3.58. The molecule has 4 aromatic rings. The number of carbonyl (C=O) groups is 1. The van der Waals surface area contributed by atoms with E-state index in [0.717, 1.165) is 35.9 Å². The first kappa shape index (κ1) is 16.4. The molecule has 1 aliphatic carbocycles. The number of nitrogens with zero attached hydrogens (tertiary/aromatic N) is 4. The number of amides is 1. The van der Waals surface area contributed by atoms with E-state index >= 15 is 0 Å². The molecule has 1 aliphatic rings. The summed E-state index contributed by atoms with van der Waals surface area (Å²) < 4.78 is 1.91. The summed E-state index contributed by atoms with van der Waals surface area (Å²) in [4.78, 5) is 18.2. The van der Waals surface area contributed by atoms with Crippen LogP contribution < -0.4 is 5.32 Å².